The molecule has 6 heteroatoms. The van der Waals surface area contributed by atoms with Crippen LogP contribution in [-0.2, 0) is 14.8 Å². The summed E-state index contributed by atoms with van der Waals surface area (Å²) in [5, 5.41) is 2.71. The van der Waals surface area contributed by atoms with Crippen LogP contribution < -0.4 is 5.32 Å². The lowest BCUT2D eigenvalue weighted by Crippen LogP contribution is -2.33. The minimum atomic E-state index is -3.55. The highest BCUT2D eigenvalue weighted by molar-refractivity contribution is 7.89. The average Bonchev–Trinajstić information content (AvgIpc) is 2.89. The van der Waals surface area contributed by atoms with Crippen molar-refractivity contribution in [3.63, 3.8) is 0 Å². The maximum absolute atomic E-state index is 13.5. The lowest BCUT2D eigenvalue weighted by molar-refractivity contribution is -0.114. The Morgan fingerprint density at radius 3 is 1.29 bits per heavy atom. The van der Waals surface area contributed by atoms with E-state index in [1.165, 1.54) is 110 Å². The van der Waals surface area contributed by atoms with E-state index in [4.69, 9.17) is 0 Å². The van der Waals surface area contributed by atoms with Gasteiger partial charge in [-0.05, 0) is 37.1 Å². The summed E-state index contributed by atoms with van der Waals surface area (Å²) >= 11 is 0. The molecule has 0 heterocycles. The summed E-state index contributed by atoms with van der Waals surface area (Å²) in [6.07, 6.45) is 24.8. The first-order chi connectivity index (χ1) is 18.4. The number of carbonyl (C=O) groups is 1. The smallest absolute Gasteiger partial charge is 0.243 e. The minimum Gasteiger partial charge on any atom is -0.326 e. The maximum Gasteiger partial charge on any atom is 0.243 e. The second-order valence-electron chi connectivity index (χ2n) is 11.0. The molecule has 1 rings (SSSR count). The number of hydrogen-bond donors (Lipinski definition) is 1. The van der Waals surface area contributed by atoms with Gasteiger partial charge in [0.2, 0.25) is 15.9 Å². The molecule has 0 unspecified atom stereocenters. The van der Waals surface area contributed by atoms with Crippen molar-refractivity contribution in [1.29, 1.82) is 0 Å². The van der Waals surface area contributed by atoms with E-state index >= 15 is 0 Å². The molecule has 0 aliphatic rings. The van der Waals surface area contributed by atoms with Crippen molar-refractivity contribution in [1.82, 2.24) is 4.31 Å². The number of anilines is 1. The van der Waals surface area contributed by atoms with Crippen molar-refractivity contribution >= 4 is 21.6 Å². The van der Waals surface area contributed by atoms with Crippen molar-refractivity contribution in [2.75, 3.05) is 18.4 Å². The number of carbonyl (C=O) groups excluding carboxylic acids is 1. The van der Waals surface area contributed by atoms with E-state index in [1.807, 2.05) is 0 Å². The number of sulfonamides is 1. The molecule has 220 valence electrons. The molecule has 0 spiro atoms. The predicted molar refractivity (Wildman–Crippen MR) is 163 cm³/mol. The van der Waals surface area contributed by atoms with Gasteiger partial charge in [0.25, 0.3) is 0 Å². The minimum absolute atomic E-state index is 0.163. The lowest BCUT2D eigenvalue weighted by Gasteiger charge is -2.22. The van der Waals surface area contributed by atoms with Crippen molar-refractivity contribution in [2.24, 2.45) is 0 Å². The number of unbranched alkanes of at least 4 members (excludes halogenated alkanes) is 18. The summed E-state index contributed by atoms with van der Waals surface area (Å²) in [7, 11) is -3.55. The quantitative estimate of drug-likeness (QED) is 0.123. The zero-order valence-corrected chi connectivity index (χ0v) is 25.8. The zero-order chi connectivity index (χ0) is 27.9. The molecule has 0 aromatic heterocycles. The van der Waals surface area contributed by atoms with E-state index in [0.29, 0.717) is 23.7 Å². The number of amides is 1. The van der Waals surface area contributed by atoms with Crippen molar-refractivity contribution in [2.45, 2.75) is 154 Å². The molecule has 0 aliphatic carbocycles. The Hall–Kier alpha value is -1.40. The highest BCUT2D eigenvalue weighted by Crippen LogP contribution is 2.21. The fraction of sp³-hybridized carbons (Fsp3) is 0.781. The first-order valence-electron chi connectivity index (χ1n) is 15.8. The lowest BCUT2D eigenvalue weighted by atomic mass is 10.1. The first-order valence-corrected chi connectivity index (χ1v) is 17.2. The van der Waals surface area contributed by atoms with Gasteiger partial charge < -0.3 is 5.32 Å². The largest absolute Gasteiger partial charge is 0.326 e. The molecule has 0 saturated heterocycles. The van der Waals surface area contributed by atoms with E-state index in [2.05, 4.69) is 19.2 Å². The van der Waals surface area contributed by atoms with Crippen LogP contribution >= 0.6 is 0 Å². The van der Waals surface area contributed by atoms with Crippen LogP contribution in [0.15, 0.2) is 29.2 Å². The first kappa shape index (κ1) is 34.6. The van der Waals surface area contributed by atoms with Gasteiger partial charge >= 0.3 is 0 Å². The number of rotatable bonds is 25. The molecule has 1 amide bonds. The van der Waals surface area contributed by atoms with Crippen LogP contribution in [0.5, 0.6) is 0 Å². The van der Waals surface area contributed by atoms with Crippen LogP contribution in [0, 0.1) is 0 Å². The van der Waals surface area contributed by atoms with Gasteiger partial charge in [-0.2, -0.15) is 4.31 Å². The fourth-order valence-electron chi connectivity index (χ4n) is 4.97. The van der Waals surface area contributed by atoms with Crippen LogP contribution in [0.3, 0.4) is 0 Å². The van der Waals surface area contributed by atoms with Crippen molar-refractivity contribution in [3.8, 4) is 0 Å². The van der Waals surface area contributed by atoms with Crippen LogP contribution in [0.4, 0.5) is 5.69 Å². The molecule has 38 heavy (non-hydrogen) atoms. The van der Waals surface area contributed by atoms with Crippen LogP contribution in [0.25, 0.3) is 0 Å². The second-order valence-corrected chi connectivity index (χ2v) is 12.9. The molecular weight excluding hydrogens is 492 g/mol. The molecule has 5 nitrogen and oxygen atoms in total. The third-order valence-corrected chi connectivity index (χ3v) is 9.25. The highest BCUT2D eigenvalue weighted by Gasteiger charge is 2.23. The molecule has 0 fully saturated rings. The molecule has 1 aromatic carbocycles. The number of benzene rings is 1. The van der Waals surface area contributed by atoms with Gasteiger partial charge in [0.05, 0.1) is 4.90 Å². The Morgan fingerprint density at radius 1 is 0.605 bits per heavy atom. The Morgan fingerprint density at radius 2 is 0.947 bits per heavy atom. The molecular formula is C32H58N2O3S. The third kappa shape index (κ3) is 16.5. The normalized spacial score (nSPS) is 11.8. The molecule has 0 radical (unpaired) electrons. The standard InChI is InChI=1S/C32H58N2O3S/c1-4-6-8-10-12-14-16-18-20-22-28-34(29-23-21-19-17-15-13-11-9-7-5-2)38(36,37)32-26-24-31(25-27-32)33-30(3)35/h24-27H,4-23,28-29H2,1-3H3,(H,33,35). The van der Waals surface area contributed by atoms with E-state index in [-0.39, 0.29) is 5.91 Å². The maximum atomic E-state index is 13.5. The average molecular weight is 551 g/mol. The number of nitrogens with one attached hydrogen (secondary N) is 1. The second kappa shape index (κ2) is 22.4. The van der Waals surface area contributed by atoms with E-state index < -0.39 is 10.0 Å². The molecule has 1 aromatic rings. The summed E-state index contributed by atoms with van der Waals surface area (Å²) in [6.45, 7) is 7.13. The topological polar surface area (TPSA) is 66.5 Å². The fourth-order valence-corrected chi connectivity index (χ4v) is 6.48. The SMILES string of the molecule is CCCCCCCCCCCCN(CCCCCCCCCCCC)S(=O)(=O)c1ccc(NC(C)=O)cc1. The summed E-state index contributed by atoms with van der Waals surface area (Å²) in [4.78, 5) is 11.6. The van der Waals surface area contributed by atoms with E-state index in [0.717, 1.165) is 25.7 Å². The Bertz CT molecular complexity index is 784. The van der Waals surface area contributed by atoms with Gasteiger partial charge in [0.1, 0.15) is 0 Å². The molecule has 0 atom stereocenters. The Labute approximate surface area is 235 Å². The van der Waals surface area contributed by atoms with Crippen molar-refractivity contribution < 1.29 is 13.2 Å². The molecule has 1 N–H and O–H groups in total. The molecule has 0 saturated carbocycles. The van der Waals surface area contributed by atoms with E-state index in [9.17, 15) is 13.2 Å². The zero-order valence-electron chi connectivity index (χ0n) is 24.9. The van der Waals surface area contributed by atoms with Crippen molar-refractivity contribution in [3.05, 3.63) is 24.3 Å². The summed E-state index contributed by atoms with van der Waals surface area (Å²) in [5.74, 6) is -0.163. The van der Waals surface area contributed by atoms with Gasteiger partial charge in [-0.1, -0.05) is 129 Å². The summed E-state index contributed by atoms with van der Waals surface area (Å²) < 4.78 is 28.7. The number of hydrogen-bond acceptors (Lipinski definition) is 3. The van der Waals surface area contributed by atoms with Crippen LogP contribution in [0.2, 0.25) is 0 Å². The predicted octanol–water partition coefficient (Wildman–Crippen LogP) is 9.48. The van der Waals surface area contributed by atoms with Gasteiger partial charge in [0.15, 0.2) is 0 Å². The molecule has 0 bridgehead atoms. The van der Waals surface area contributed by atoms with Gasteiger partial charge in [-0.25, -0.2) is 8.42 Å². The van der Waals surface area contributed by atoms with E-state index in [1.54, 1.807) is 28.6 Å². The van der Waals surface area contributed by atoms with Crippen LogP contribution in [-0.4, -0.2) is 31.7 Å². The van der Waals surface area contributed by atoms with Gasteiger partial charge in [-0.15, -0.1) is 0 Å². The van der Waals surface area contributed by atoms with Gasteiger partial charge in [-0.3, -0.25) is 4.79 Å². The highest BCUT2D eigenvalue weighted by atomic mass is 32.2. The monoisotopic (exact) mass is 550 g/mol. The molecule has 0 aliphatic heterocycles. The van der Waals surface area contributed by atoms with Crippen LogP contribution in [0.1, 0.15) is 149 Å². The summed E-state index contributed by atoms with van der Waals surface area (Å²) in [6, 6.07) is 6.58. The van der Waals surface area contributed by atoms with Gasteiger partial charge in [0, 0.05) is 25.7 Å². The number of nitrogens with zero attached hydrogens (tertiary/aromatic N) is 1. The Balaban J connectivity index is 2.51. The summed E-state index contributed by atoms with van der Waals surface area (Å²) in [5.41, 5.74) is 0.618. The Kier molecular flexibility index (Phi) is 20.4. The third-order valence-electron chi connectivity index (χ3n) is 7.33.